The molecule has 1 saturated carbocycles. The van der Waals surface area contributed by atoms with Gasteiger partial charge < -0.3 is 16.0 Å². The summed E-state index contributed by atoms with van der Waals surface area (Å²) in [5.74, 6) is -0.0857. The molecule has 1 aliphatic carbocycles. The lowest BCUT2D eigenvalue weighted by Crippen LogP contribution is -2.45. The number of hydrogen-bond donors (Lipinski definition) is 3. The molecule has 0 aromatic heterocycles. The standard InChI is InChI=1S/C14H25N3O2/c1-10(14(19)17-12-5-6-12)16-13(18)8-7-11-4-2-3-9-15-11/h10-12,15H,2-9H2,1H3,(H,16,18)(H,17,19). The lowest BCUT2D eigenvalue weighted by molar-refractivity contribution is -0.128. The minimum atomic E-state index is -0.424. The Morgan fingerprint density at radius 1 is 1.26 bits per heavy atom. The quantitative estimate of drug-likeness (QED) is 0.663. The van der Waals surface area contributed by atoms with Gasteiger partial charge in [-0.1, -0.05) is 6.42 Å². The van der Waals surface area contributed by atoms with Gasteiger partial charge in [0, 0.05) is 18.5 Å². The zero-order valence-electron chi connectivity index (χ0n) is 11.7. The molecule has 1 aliphatic heterocycles. The third-order valence-electron chi connectivity index (χ3n) is 3.83. The third-order valence-corrected chi connectivity index (χ3v) is 3.83. The summed E-state index contributed by atoms with van der Waals surface area (Å²) in [7, 11) is 0. The van der Waals surface area contributed by atoms with Gasteiger partial charge in [0.15, 0.2) is 0 Å². The first-order chi connectivity index (χ1) is 9.15. The molecule has 2 amide bonds. The van der Waals surface area contributed by atoms with Crippen LogP contribution in [0.25, 0.3) is 0 Å². The molecule has 1 saturated heterocycles. The molecular formula is C14H25N3O2. The predicted molar refractivity (Wildman–Crippen MR) is 73.6 cm³/mol. The summed E-state index contributed by atoms with van der Waals surface area (Å²) in [5.41, 5.74) is 0. The van der Waals surface area contributed by atoms with Gasteiger partial charge in [-0.2, -0.15) is 0 Å². The molecule has 5 nitrogen and oxygen atoms in total. The number of amides is 2. The fourth-order valence-corrected chi connectivity index (χ4v) is 2.41. The van der Waals surface area contributed by atoms with Gasteiger partial charge in [-0.3, -0.25) is 9.59 Å². The van der Waals surface area contributed by atoms with Crippen LogP contribution in [-0.4, -0.2) is 36.5 Å². The van der Waals surface area contributed by atoms with Gasteiger partial charge in [-0.15, -0.1) is 0 Å². The molecule has 0 radical (unpaired) electrons. The van der Waals surface area contributed by atoms with Gasteiger partial charge in [0.2, 0.25) is 11.8 Å². The lowest BCUT2D eigenvalue weighted by atomic mass is 10.0. The molecule has 108 valence electrons. The lowest BCUT2D eigenvalue weighted by Gasteiger charge is -2.23. The second-order valence-electron chi connectivity index (χ2n) is 5.76. The number of nitrogens with one attached hydrogen (secondary N) is 3. The fourth-order valence-electron chi connectivity index (χ4n) is 2.41. The van der Waals surface area contributed by atoms with Crippen LogP contribution in [0, 0.1) is 0 Å². The van der Waals surface area contributed by atoms with Gasteiger partial charge in [0.1, 0.15) is 6.04 Å². The molecule has 3 N–H and O–H groups in total. The van der Waals surface area contributed by atoms with Crippen molar-refractivity contribution >= 4 is 11.8 Å². The monoisotopic (exact) mass is 267 g/mol. The van der Waals surface area contributed by atoms with Crippen LogP contribution in [0.4, 0.5) is 0 Å². The summed E-state index contributed by atoms with van der Waals surface area (Å²) in [5, 5.41) is 9.10. The van der Waals surface area contributed by atoms with Crippen molar-refractivity contribution in [1.29, 1.82) is 0 Å². The highest BCUT2D eigenvalue weighted by Crippen LogP contribution is 2.18. The van der Waals surface area contributed by atoms with E-state index in [-0.39, 0.29) is 11.8 Å². The van der Waals surface area contributed by atoms with Crippen molar-refractivity contribution in [2.24, 2.45) is 0 Å². The van der Waals surface area contributed by atoms with Gasteiger partial charge in [-0.05, 0) is 45.6 Å². The van der Waals surface area contributed by atoms with Crippen LogP contribution < -0.4 is 16.0 Å². The smallest absolute Gasteiger partial charge is 0.242 e. The molecular weight excluding hydrogens is 242 g/mol. The Kier molecular flexibility index (Phi) is 5.19. The topological polar surface area (TPSA) is 70.2 Å². The number of hydrogen-bond acceptors (Lipinski definition) is 3. The van der Waals surface area contributed by atoms with Crippen molar-refractivity contribution < 1.29 is 9.59 Å². The Labute approximate surface area is 114 Å². The van der Waals surface area contributed by atoms with Crippen molar-refractivity contribution in [1.82, 2.24) is 16.0 Å². The zero-order valence-corrected chi connectivity index (χ0v) is 11.7. The van der Waals surface area contributed by atoms with E-state index in [9.17, 15) is 9.59 Å². The number of carbonyl (C=O) groups excluding carboxylic acids is 2. The van der Waals surface area contributed by atoms with E-state index < -0.39 is 6.04 Å². The average molecular weight is 267 g/mol. The molecule has 2 unspecified atom stereocenters. The van der Waals surface area contributed by atoms with Crippen molar-refractivity contribution in [2.45, 2.75) is 70.0 Å². The summed E-state index contributed by atoms with van der Waals surface area (Å²) in [6.45, 7) is 2.81. The highest BCUT2D eigenvalue weighted by molar-refractivity contribution is 5.87. The molecule has 0 aromatic rings. The zero-order chi connectivity index (χ0) is 13.7. The van der Waals surface area contributed by atoms with E-state index in [2.05, 4.69) is 16.0 Å². The second-order valence-corrected chi connectivity index (χ2v) is 5.76. The molecule has 0 aromatic carbocycles. The maximum Gasteiger partial charge on any atom is 0.242 e. The summed E-state index contributed by atoms with van der Waals surface area (Å²) in [6.07, 6.45) is 7.15. The summed E-state index contributed by atoms with van der Waals surface area (Å²) in [4.78, 5) is 23.5. The summed E-state index contributed by atoms with van der Waals surface area (Å²) < 4.78 is 0. The van der Waals surface area contributed by atoms with Crippen molar-refractivity contribution in [3.63, 3.8) is 0 Å². The maximum atomic E-state index is 11.8. The van der Waals surface area contributed by atoms with Crippen LogP contribution in [-0.2, 0) is 9.59 Å². The van der Waals surface area contributed by atoms with Crippen LogP contribution in [0.15, 0.2) is 0 Å². The molecule has 2 atom stereocenters. The number of carbonyl (C=O) groups is 2. The Hall–Kier alpha value is -1.10. The third kappa shape index (κ3) is 5.19. The molecule has 19 heavy (non-hydrogen) atoms. The highest BCUT2D eigenvalue weighted by atomic mass is 16.2. The minimum absolute atomic E-state index is 0.0224. The molecule has 0 spiro atoms. The fraction of sp³-hybridized carbons (Fsp3) is 0.857. The van der Waals surface area contributed by atoms with Crippen LogP contribution in [0.5, 0.6) is 0 Å². The van der Waals surface area contributed by atoms with Crippen LogP contribution in [0.2, 0.25) is 0 Å². The molecule has 1 heterocycles. The first kappa shape index (κ1) is 14.3. The number of piperidine rings is 1. The number of rotatable bonds is 6. The summed E-state index contributed by atoms with van der Waals surface area (Å²) in [6, 6.07) is 0.390. The van der Waals surface area contributed by atoms with Crippen molar-refractivity contribution in [3.8, 4) is 0 Å². The van der Waals surface area contributed by atoms with E-state index in [4.69, 9.17) is 0 Å². The van der Waals surface area contributed by atoms with Crippen molar-refractivity contribution in [3.05, 3.63) is 0 Å². The van der Waals surface area contributed by atoms with Crippen LogP contribution >= 0.6 is 0 Å². The Morgan fingerprint density at radius 2 is 2.05 bits per heavy atom. The molecule has 5 heteroatoms. The maximum absolute atomic E-state index is 11.8. The van der Waals surface area contributed by atoms with Crippen LogP contribution in [0.3, 0.4) is 0 Å². The van der Waals surface area contributed by atoms with E-state index in [0.29, 0.717) is 18.5 Å². The molecule has 0 bridgehead atoms. The minimum Gasteiger partial charge on any atom is -0.352 e. The SMILES string of the molecule is CC(NC(=O)CCC1CCCCN1)C(=O)NC1CC1. The van der Waals surface area contributed by atoms with Gasteiger partial charge in [-0.25, -0.2) is 0 Å². The first-order valence-electron chi connectivity index (χ1n) is 7.48. The largest absolute Gasteiger partial charge is 0.352 e. The predicted octanol–water partition coefficient (Wildman–Crippen LogP) is 0.692. The second kappa shape index (κ2) is 6.89. The molecule has 2 fully saturated rings. The highest BCUT2D eigenvalue weighted by Gasteiger charge is 2.26. The molecule has 2 aliphatic rings. The van der Waals surface area contributed by atoms with Crippen LogP contribution in [0.1, 0.15) is 51.9 Å². The van der Waals surface area contributed by atoms with E-state index in [1.54, 1.807) is 6.92 Å². The Balaban J connectivity index is 1.60. The van der Waals surface area contributed by atoms with E-state index in [1.165, 1.54) is 12.8 Å². The van der Waals surface area contributed by atoms with E-state index in [1.807, 2.05) is 0 Å². The molecule has 2 rings (SSSR count). The van der Waals surface area contributed by atoms with Gasteiger partial charge >= 0.3 is 0 Å². The summed E-state index contributed by atoms with van der Waals surface area (Å²) >= 11 is 0. The van der Waals surface area contributed by atoms with Gasteiger partial charge in [0.25, 0.3) is 0 Å². The average Bonchev–Trinajstić information content (AvgIpc) is 3.21. The normalized spacial score (nSPS) is 24.6. The van der Waals surface area contributed by atoms with Crippen molar-refractivity contribution in [2.75, 3.05) is 6.54 Å². The van der Waals surface area contributed by atoms with E-state index in [0.717, 1.165) is 32.2 Å². The van der Waals surface area contributed by atoms with Gasteiger partial charge in [0.05, 0.1) is 0 Å². The van der Waals surface area contributed by atoms with E-state index >= 15 is 0 Å². The Bertz CT molecular complexity index is 323. The Morgan fingerprint density at radius 3 is 2.68 bits per heavy atom. The first-order valence-corrected chi connectivity index (χ1v) is 7.48.